The van der Waals surface area contributed by atoms with E-state index in [1.807, 2.05) is 159 Å². The third-order valence-corrected chi connectivity index (χ3v) is 37.7. The van der Waals surface area contributed by atoms with Gasteiger partial charge in [-0.1, -0.05) is 55.4 Å². The Labute approximate surface area is 834 Å². The largest absolute Gasteiger partial charge is 0.465 e. The maximum absolute atomic E-state index is 12.6. The standard InChI is InChI=1S/C18H28O4.C17H24O6.3C16H24O4.C14H20O4.C14H22O4/c1-6-15(2,3)14(20)22-18-8-12-7-16(4,10-18)9-17(5,11-18)21-13(12)19;1-4-17(2,3)16(20)21-6-5-12(18)22-13-9-7-10-11(8-9)15(19)23-14(10)13;1-4-15(2,3)13(17)20-16-8-10-5-11(9-16)7-12(6-10)19-14(16)18;1-4-15(2,3)14(18)20-16-8-10-5-11(9-16)7-12(6-10)13(17)19-16;1-4-15(2,3)14(18)20-16-7-10-5-11(8-16)13(17)19-12(6-10)9-16;1-4-14(2,3)13(16)18-11-8-5-7-6-9(8)12(15)17-10(7)11;1-5-13(2,3)12(16)17-10-8-9-6-7-14(10,4)18-11(9)15/h12H,6-11H2,1-5H3;9-11,13-14H,4-8H2,1-3H3;3*10-12H,4-9H2,1-3H3;7-11H,4-6H2,1-3H3;9-10H,5-8H2,1-4H3. The van der Waals surface area contributed by atoms with Crippen LogP contribution in [0.3, 0.4) is 0 Å². The first kappa shape index (κ1) is 109. The number of carbonyl (C=O) groups is 15. The van der Waals surface area contributed by atoms with E-state index in [1.165, 1.54) is 0 Å². The van der Waals surface area contributed by atoms with Gasteiger partial charge in [0.2, 0.25) is 5.60 Å². The summed E-state index contributed by atoms with van der Waals surface area (Å²) in [6.45, 7) is 46.3. The maximum atomic E-state index is 12.6. The predicted molar refractivity (Wildman–Crippen MR) is 509 cm³/mol. The Morgan fingerprint density at radius 3 is 1.38 bits per heavy atom. The molecule has 13 aliphatic heterocycles. The second-order valence-electron chi connectivity index (χ2n) is 52.0. The Kier molecular flexibility index (Phi) is 30.9. The van der Waals surface area contributed by atoms with Gasteiger partial charge in [0.15, 0.2) is 0 Å². The molecular formula is C111H166O30. The highest BCUT2D eigenvalue weighted by Gasteiger charge is 2.68. The van der Waals surface area contributed by atoms with Gasteiger partial charge in [-0.15, -0.1) is 0 Å². The Morgan fingerprint density at radius 2 is 0.816 bits per heavy atom. The molecule has 13 aliphatic carbocycles. The molecule has 26 aliphatic rings. The van der Waals surface area contributed by atoms with E-state index in [1.54, 1.807) is 0 Å². The Bertz CT molecular complexity index is 4710. The van der Waals surface area contributed by atoms with Crippen LogP contribution in [0.5, 0.6) is 0 Å². The fourth-order valence-corrected chi connectivity index (χ4v) is 26.8. The first-order valence-electron chi connectivity index (χ1n) is 53.8. The number of hydrogen-bond acceptors (Lipinski definition) is 30. The molecule has 26 fully saturated rings. The van der Waals surface area contributed by atoms with Gasteiger partial charge in [0.1, 0.15) is 71.7 Å². The van der Waals surface area contributed by atoms with E-state index in [0.717, 1.165) is 141 Å². The molecule has 25 atom stereocenters. The summed E-state index contributed by atoms with van der Waals surface area (Å²) in [5.74, 6) is -0.662. The molecule has 30 nitrogen and oxygen atoms in total. The number of rotatable bonds is 24. The molecule has 0 aromatic rings. The molecule has 141 heavy (non-hydrogen) atoms. The highest BCUT2D eigenvalue weighted by molar-refractivity contribution is 5.87. The SMILES string of the molecule is CCC(C)(C)C(=O)OC12CC3CC(C)(CC(C)(C1)OC3=O)C2.CCC(C)(C)C(=O)OC12CC3CC(C1)OC(=O)C(C3)C2.CCC(C)(C)C(=O)OC12CC3CC(CC(C3)C(=O)O1)C2.CCC(C)(C)C(=O)OC12CC3CC(CC(C3)OC1=O)C2.CCC(C)(C)C(=O)OC1C2CC3CC2C(=O)OC31.CCC(C)(C)C(=O)OC1CC2CCC1(C)OC2=O.CCC(C)(C)C(=O)OCCC(=O)OC1C2CC3C(=O)OC1C3C2. The second-order valence-corrected chi connectivity index (χ2v) is 52.0. The molecule has 26 rings (SSSR count). The van der Waals surface area contributed by atoms with E-state index in [9.17, 15) is 71.9 Å². The van der Waals surface area contributed by atoms with Gasteiger partial charge in [-0.25, -0.2) is 4.79 Å². The summed E-state index contributed by atoms with van der Waals surface area (Å²) in [4.78, 5) is 182. The number of fused-ring (bicyclic) bond motifs is 9. The quantitative estimate of drug-likeness (QED) is 0.0640. The third-order valence-electron chi connectivity index (χ3n) is 37.7. The zero-order valence-electron chi connectivity index (χ0n) is 88.9. The van der Waals surface area contributed by atoms with E-state index >= 15 is 0 Å². The van der Waals surface area contributed by atoms with Gasteiger partial charge in [-0.05, 0) is 306 Å². The molecule has 0 radical (unpaired) electrons. The minimum Gasteiger partial charge on any atom is -0.465 e. The van der Waals surface area contributed by atoms with Crippen molar-refractivity contribution in [2.24, 2.45) is 132 Å². The van der Waals surface area contributed by atoms with Crippen molar-refractivity contribution in [2.75, 3.05) is 6.61 Å². The van der Waals surface area contributed by atoms with Crippen molar-refractivity contribution in [3.63, 3.8) is 0 Å². The van der Waals surface area contributed by atoms with Crippen molar-refractivity contribution in [2.45, 2.75) is 467 Å². The van der Waals surface area contributed by atoms with Crippen LogP contribution < -0.4 is 0 Å². The van der Waals surface area contributed by atoms with Gasteiger partial charge in [-0.3, -0.25) is 67.1 Å². The molecule has 0 spiro atoms. The summed E-state index contributed by atoms with van der Waals surface area (Å²) in [7, 11) is 0. The molecule has 13 saturated carbocycles. The van der Waals surface area contributed by atoms with Gasteiger partial charge in [-0.2, -0.15) is 0 Å². The van der Waals surface area contributed by atoms with Gasteiger partial charge in [0.25, 0.3) is 5.79 Å². The van der Waals surface area contributed by atoms with Gasteiger partial charge < -0.3 is 71.1 Å². The molecule has 0 amide bonds. The van der Waals surface area contributed by atoms with Crippen LogP contribution in [-0.2, 0) is 143 Å². The van der Waals surface area contributed by atoms with E-state index in [0.29, 0.717) is 113 Å². The molecule has 790 valence electrons. The van der Waals surface area contributed by atoms with E-state index in [4.69, 9.17) is 71.1 Å². The van der Waals surface area contributed by atoms with E-state index < -0.39 is 77.7 Å². The Hall–Kier alpha value is -7.95. The zero-order chi connectivity index (χ0) is 103. The Morgan fingerprint density at radius 1 is 0.348 bits per heavy atom. The second kappa shape index (κ2) is 40.0. The highest BCUT2D eigenvalue weighted by Crippen LogP contribution is 2.64. The van der Waals surface area contributed by atoms with Crippen molar-refractivity contribution in [3.05, 3.63) is 0 Å². The van der Waals surface area contributed by atoms with Crippen molar-refractivity contribution in [1.29, 1.82) is 0 Å². The van der Waals surface area contributed by atoms with Crippen LogP contribution in [0.2, 0.25) is 0 Å². The molecule has 13 saturated heterocycles. The lowest BCUT2D eigenvalue weighted by Crippen LogP contribution is -2.57. The minimum atomic E-state index is -0.998. The Balaban J connectivity index is 0.000000131. The number of esters is 15. The van der Waals surface area contributed by atoms with Crippen molar-refractivity contribution >= 4 is 89.5 Å². The van der Waals surface area contributed by atoms with Crippen molar-refractivity contribution < 1.29 is 143 Å². The van der Waals surface area contributed by atoms with Crippen LogP contribution in [0, 0.1) is 132 Å². The average molecular weight is 1980 g/mol. The first-order valence-corrected chi connectivity index (χ1v) is 53.8. The molecule has 0 aromatic carbocycles. The van der Waals surface area contributed by atoms with E-state index in [2.05, 4.69) is 6.92 Å². The number of carbonyl (C=O) groups excluding carboxylic acids is 15. The smallest absolute Gasteiger partial charge is 0.350 e. The summed E-state index contributed by atoms with van der Waals surface area (Å²) >= 11 is 0. The molecule has 25 unspecified atom stereocenters. The molecule has 13 heterocycles. The molecule has 0 aromatic heterocycles. The summed E-state index contributed by atoms with van der Waals surface area (Å²) in [6, 6.07) is 0. The molecule has 30 heteroatoms. The van der Waals surface area contributed by atoms with Gasteiger partial charge >= 0.3 is 89.5 Å². The van der Waals surface area contributed by atoms with Gasteiger partial charge in [0.05, 0.1) is 79.8 Å². The predicted octanol–water partition coefficient (Wildman–Crippen LogP) is 18.6. The highest BCUT2D eigenvalue weighted by atomic mass is 16.7. The molecule has 0 N–H and O–H groups in total. The lowest BCUT2D eigenvalue weighted by molar-refractivity contribution is -0.246. The average Bonchev–Trinajstić information content (AvgIpc) is 1.59. The number of ether oxygens (including phenoxy) is 15. The van der Waals surface area contributed by atoms with Crippen LogP contribution in [0.1, 0.15) is 391 Å². The summed E-state index contributed by atoms with van der Waals surface area (Å²) < 4.78 is 84.2. The van der Waals surface area contributed by atoms with Crippen LogP contribution in [0.15, 0.2) is 0 Å². The monoisotopic (exact) mass is 1980 g/mol. The minimum absolute atomic E-state index is 0.0113. The summed E-state index contributed by atoms with van der Waals surface area (Å²) in [5.41, 5.74) is -6.54. The van der Waals surface area contributed by atoms with Crippen LogP contribution >= 0.6 is 0 Å². The maximum Gasteiger partial charge on any atom is 0.350 e. The lowest BCUT2D eigenvalue weighted by atomic mass is 9.55. The first-order chi connectivity index (χ1) is 65.6. The fraction of sp³-hybridized carbons (Fsp3) is 0.865. The number of hydrogen-bond donors (Lipinski definition) is 0. The zero-order valence-corrected chi connectivity index (χ0v) is 88.9. The molecule has 24 bridgehead atoms. The van der Waals surface area contributed by atoms with Crippen LogP contribution in [0.4, 0.5) is 0 Å². The lowest BCUT2D eigenvalue weighted by Gasteiger charge is -2.54. The normalized spacial score (nSPS) is 38.9. The fourth-order valence-electron chi connectivity index (χ4n) is 26.8. The molecular weight excluding hydrogens is 1810 g/mol. The van der Waals surface area contributed by atoms with Crippen molar-refractivity contribution in [3.8, 4) is 0 Å². The topological polar surface area (TPSA) is 394 Å². The van der Waals surface area contributed by atoms with Gasteiger partial charge in [0, 0.05) is 81.5 Å². The van der Waals surface area contributed by atoms with E-state index in [-0.39, 0.29) is 198 Å². The van der Waals surface area contributed by atoms with Crippen LogP contribution in [-0.4, -0.2) is 173 Å². The third kappa shape index (κ3) is 22.8. The summed E-state index contributed by atoms with van der Waals surface area (Å²) in [5, 5.41) is 0. The van der Waals surface area contributed by atoms with Crippen LogP contribution in [0.25, 0.3) is 0 Å². The van der Waals surface area contributed by atoms with Crippen molar-refractivity contribution in [1.82, 2.24) is 0 Å². The summed E-state index contributed by atoms with van der Waals surface area (Å²) in [6.07, 6.45) is 26.4.